The standard InChI is InChI=1S/C26H20FIN2O7S/c1-3-36-22-14-16(13-21(28)23(22)37-38(34,35)19-10-4-15(2)5-11-19)12-20-24(31)29-26(33)30(25(20)32)18-8-6-17(27)7-9-18/h4-14H,3H2,1-2H3,(H,29,31,33)/b20-12+. The summed E-state index contributed by atoms with van der Waals surface area (Å²) in [5.41, 5.74) is 0.895. The van der Waals surface area contributed by atoms with E-state index in [0.29, 0.717) is 14.0 Å². The summed E-state index contributed by atoms with van der Waals surface area (Å²) in [5.74, 6) is -2.39. The van der Waals surface area contributed by atoms with Gasteiger partial charge in [0.15, 0.2) is 11.5 Å². The number of hydrogen-bond acceptors (Lipinski definition) is 7. The van der Waals surface area contributed by atoms with Crippen LogP contribution in [0.3, 0.4) is 0 Å². The number of hydrogen-bond donors (Lipinski definition) is 1. The van der Waals surface area contributed by atoms with E-state index in [1.807, 2.05) is 29.5 Å². The van der Waals surface area contributed by atoms with Crippen molar-refractivity contribution in [3.63, 3.8) is 0 Å². The highest BCUT2D eigenvalue weighted by Crippen LogP contribution is 2.37. The number of benzene rings is 3. The molecule has 0 atom stereocenters. The topological polar surface area (TPSA) is 119 Å². The number of nitrogens with one attached hydrogen (secondary N) is 1. The summed E-state index contributed by atoms with van der Waals surface area (Å²) < 4.78 is 50.4. The second-order valence-corrected chi connectivity index (χ2v) is 10.8. The zero-order valence-electron chi connectivity index (χ0n) is 20.0. The van der Waals surface area contributed by atoms with Gasteiger partial charge in [-0.15, -0.1) is 0 Å². The number of carbonyl (C=O) groups is 3. The molecule has 0 spiro atoms. The zero-order valence-corrected chi connectivity index (χ0v) is 23.0. The molecule has 1 aliphatic heterocycles. The Kier molecular flexibility index (Phi) is 7.83. The lowest BCUT2D eigenvalue weighted by molar-refractivity contribution is -0.122. The van der Waals surface area contributed by atoms with Crippen LogP contribution in [0, 0.1) is 16.3 Å². The molecule has 1 aliphatic rings. The van der Waals surface area contributed by atoms with Crippen molar-refractivity contribution in [2.24, 2.45) is 0 Å². The first-order chi connectivity index (χ1) is 18.0. The van der Waals surface area contributed by atoms with Gasteiger partial charge in [-0.05, 0) is 96.6 Å². The van der Waals surface area contributed by atoms with Crippen molar-refractivity contribution in [3.8, 4) is 11.5 Å². The molecule has 3 aromatic rings. The predicted octanol–water partition coefficient (Wildman–Crippen LogP) is 4.57. The minimum absolute atomic E-state index is 0.0393. The highest BCUT2D eigenvalue weighted by Gasteiger charge is 2.37. The minimum Gasteiger partial charge on any atom is -0.490 e. The fourth-order valence-electron chi connectivity index (χ4n) is 3.53. The average molecular weight is 650 g/mol. The van der Waals surface area contributed by atoms with Gasteiger partial charge in [0, 0.05) is 0 Å². The lowest BCUT2D eigenvalue weighted by Gasteiger charge is -2.26. The molecule has 1 heterocycles. The quantitative estimate of drug-likeness (QED) is 0.172. The van der Waals surface area contributed by atoms with Gasteiger partial charge >= 0.3 is 16.1 Å². The molecule has 1 saturated heterocycles. The molecule has 0 radical (unpaired) electrons. The molecule has 1 fully saturated rings. The Morgan fingerprint density at radius 1 is 1.03 bits per heavy atom. The third kappa shape index (κ3) is 5.70. The van der Waals surface area contributed by atoms with Gasteiger partial charge in [-0.25, -0.2) is 14.1 Å². The van der Waals surface area contributed by atoms with Crippen LogP contribution in [0.2, 0.25) is 0 Å². The summed E-state index contributed by atoms with van der Waals surface area (Å²) in [6.45, 7) is 3.69. The molecule has 38 heavy (non-hydrogen) atoms. The number of urea groups is 1. The third-order valence-corrected chi connectivity index (χ3v) is 7.37. The molecule has 0 aromatic heterocycles. The molecule has 12 heteroatoms. The first-order valence-electron chi connectivity index (χ1n) is 11.1. The molecule has 1 N–H and O–H groups in total. The average Bonchev–Trinajstić information content (AvgIpc) is 2.85. The van der Waals surface area contributed by atoms with E-state index in [1.54, 1.807) is 19.1 Å². The molecular weight excluding hydrogens is 630 g/mol. The van der Waals surface area contributed by atoms with Crippen molar-refractivity contribution in [1.29, 1.82) is 0 Å². The SMILES string of the molecule is CCOc1cc(/C=C2\C(=O)NC(=O)N(c3ccc(F)cc3)C2=O)cc(I)c1OS(=O)(=O)c1ccc(C)cc1. The number of imide groups is 2. The van der Waals surface area contributed by atoms with E-state index in [2.05, 4.69) is 5.32 Å². The monoisotopic (exact) mass is 650 g/mol. The van der Waals surface area contributed by atoms with Crippen molar-refractivity contribution in [2.75, 3.05) is 11.5 Å². The first-order valence-corrected chi connectivity index (χ1v) is 13.6. The number of ether oxygens (including phenoxy) is 1. The smallest absolute Gasteiger partial charge is 0.339 e. The minimum atomic E-state index is -4.19. The number of barbiturate groups is 1. The Bertz CT molecular complexity index is 1570. The number of amides is 4. The van der Waals surface area contributed by atoms with E-state index in [0.717, 1.165) is 17.7 Å². The zero-order chi connectivity index (χ0) is 27.6. The molecule has 0 unspecified atom stereocenters. The van der Waals surface area contributed by atoms with Gasteiger partial charge in [0.05, 0.1) is 15.9 Å². The number of nitrogens with zero attached hydrogens (tertiary/aromatic N) is 1. The van der Waals surface area contributed by atoms with Crippen LogP contribution in [0.15, 0.2) is 71.1 Å². The van der Waals surface area contributed by atoms with E-state index >= 15 is 0 Å². The maximum Gasteiger partial charge on any atom is 0.339 e. The van der Waals surface area contributed by atoms with E-state index in [-0.39, 0.29) is 34.3 Å². The van der Waals surface area contributed by atoms with E-state index in [9.17, 15) is 27.2 Å². The van der Waals surface area contributed by atoms with E-state index < -0.39 is 33.8 Å². The number of anilines is 1. The van der Waals surface area contributed by atoms with Gasteiger partial charge in [0.25, 0.3) is 11.8 Å². The molecule has 4 amide bonds. The van der Waals surface area contributed by atoms with Crippen LogP contribution in [-0.2, 0) is 19.7 Å². The van der Waals surface area contributed by atoms with Crippen LogP contribution < -0.4 is 19.1 Å². The lowest BCUT2D eigenvalue weighted by Crippen LogP contribution is -2.54. The Morgan fingerprint density at radius 2 is 1.68 bits per heavy atom. The Hall–Kier alpha value is -3.78. The van der Waals surface area contributed by atoms with Crippen molar-refractivity contribution in [1.82, 2.24) is 5.32 Å². The fraction of sp³-hybridized carbons (Fsp3) is 0.115. The van der Waals surface area contributed by atoms with Crippen molar-refractivity contribution in [2.45, 2.75) is 18.7 Å². The number of halogens is 2. The highest BCUT2D eigenvalue weighted by atomic mass is 127. The van der Waals surface area contributed by atoms with Crippen LogP contribution in [0.1, 0.15) is 18.1 Å². The van der Waals surface area contributed by atoms with Gasteiger partial charge in [0.1, 0.15) is 16.3 Å². The summed E-state index contributed by atoms with van der Waals surface area (Å²) in [7, 11) is -4.19. The van der Waals surface area contributed by atoms with Crippen molar-refractivity contribution < 1.29 is 36.1 Å². The summed E-state index contributed by atoms with van der Waals surface area (Å²) in [6, 6.07) is 12.7. The van der Waals surface area contributed by atoms with Crippen LogP contribution in [-0.4, -0.2) is 32.9 Å². The maximum atomic E-state index is 13.3. The molecule has 9 nitrogen and oxygen atoms in total. The van der Waals surface area contributed by atoms with Crippen LogP contribution in [0.4, 0.5) is 14.9 Å². The number of carbonyl (C=O) groups excluding carboxylic acids is 3. The molecule has 0 aliphatic carbocycles. The Morgan fingerprint density at radius 3 is 2.32 bits per heavy atom. The highest BCUT2D eigenvalue weighted by molar-refractivity contribution is 14.1. The molecular formula is C26H20FIN2O7S. The fourth-order valence-corrected chi connectivity index (χ4v) is 5.37. The van der Waals surface area contributed by atoms with Crippen LogP contribution in [0.25, 0.3) is 6.08 Å². The van der Waals surface area contributed by atoms with Gasteiger partial charge in [-0.1, -0.05) is 17.7 Å². The van der Waals surface area contributed by atoms with Gasteiger partial charge in [-0.2, -0.15) is 8.42 Å². The van der Waals surface area contributed by atoms with Crippen molar-refractivity contribution in [3.05, 3.63) is 86.8 Å². The Balaban J connectivity index is 1.72. The summed E-state index contributed by atoms with van der Waals surface area (Å²) in [6.07, 6.45) is 1.24. The van der Waals surface area contributed by atoms with Gasteiger partial charge in [0.2, 0.25) is 0 Å². The maximum absolute atomic E-state index is 13.3. The Labute approximate surface area is 231 Å². The molecule has 0 saturated carbocycles. The number of aryl methyl sites for hydroxylation is 1. The summed E-state index contributed by atoms with van der Waals surface area (Å²) in [5, 5.41) is 2.09. The second kappa shape index (κ2) is 10.9. The molecule has 3 aromatic carbocycles. The van der Waals surface area contributed by atoms with Crippen LogP contribution in [0.5, 0.6) is 11.5 Å². The number of rotatable bonds is 7. The molecule has 196 valence electrons. The lowest BCUT2D eigenvalue weighted by atomic mass is 10.1. The van der Waals surface area contributed by atoms with E-state index in [1.165, 1.54) is 42.5 Å². The molecule has 4 rings (SSSR count). The predicted molar refractivity (Wildman–Crippen MR) is 145 cm³/mol. The second-order valence-electron chi connectivity index (χ2n) is 8.05. The summed E-state index contributed by atoms with van der Waals surface area (Å²) in [4.78, 5) is 38.7. The molecule has 0 bridgehead atoms. The largest absolute Gasteiger partial charge is 0.490 e. The van der Waals surface area contributed by atoms with Gasteiger partial charge < -0.3 is 8.92 Å². The van der Waals surface area contributed by atoms with Crippen molar-refractivity contribution >= 4 is 62.3 Å². The summed E-state index contributed by atoms with van der Waals surface area (Å²) >= 11 is 1.86. The van der Waals surface area contributed by atoms with E-state index in [4.69, 9.17) is 8.92 Å². The first kappa shape index (κ1) is 27.3. The third-order valence-electron chi connectivity index (χ3n) is 5.33. The van der Waals surface area contributed by atoms with Gasteiger partial charge in [-0.3, -0.25) is 14.9 Å². The van der Waals surface area contributed by atoms with Crippen LogP contribution >= 0.6 is 22.6 Å². The normalized spacial score (nSPS) is 15.0.